The summed E-state index contributed by atoms with van der Waals surface area (Å²) >= 11 is 0. The molecule has 0 aliphatic carbocycles. The molecule has 0 spiro atoms. The van der Waals surface area contributed by atoms with Crippen LogP contribution in [0, 0.1) is 0 Å². The number of rotatable bonds is 12. The number of benzene rings is 2. The first-order chi connectivity index (χ1) is 14.7. The largest absolute Gasteiger partial charge is 0.493 e. The van der Waals surface area contributed by atoms with Crippen molar-refractivity contribution in [1.29, 1.82) is 0 Å². The Hall–Kier alpha value is -2.95. The van der Waals surface area contributed by atoms with Crippen LogP contribution in [-0.2, 0) is 0 Å². The highest BCUT2D eigenvalue weighted by molar-refractivity contribution is 6.03. The van der Waals surface area contributed by atoms with E-state index in [1.54, 1.807) is 12.1 Å². The number of ether oxygens (including phenoxy) is 1. The average Bonchev–Trinajstić information content (AvgIpc) is 2.77. The maximum atomic E-state index is 11.9. The maximum absolute atomic E-state index is 11.9. The summed E-state index contributed by atoms with van der Waals surface area (Å²) in [5.74, 6) is -0.438. The van der Waals surface area contributed by atoms with E-state index in [-0.39, 0.29) is 5.56 Å². The summed E-state index contributed by atoms with van der Waals surface area (Å²) in [5, 5.41) is 10.6. The first kappa shape index (κ1) is 21.8. The molecule has 0 saturated carbocycles. The molecule has 158 valence electrons. The van der Waals surface area contributed by atoms with Crippen molar-refractivity contribution in [3.8, 4) is 17.0 Å². The quantitative estimate of drug-likeness (QED) is 0.347. The molecule has 0 radical (unpaired) electrons. The van der Waals surface area contributed by atoms with E-state index < -0.39 is 5.97 Å². The van der Waals surface area contributed by atoms with Gasteiger partial charge in [-0.15, -0.1) is 0 Å². The van der Waals surface area contributed by atoms with Crippen LogP contribution in [0.5, 0.6) is 5.75 Å². The summed E-state index contributed by atoms with van der Waals surface area (Å²) < 4.78 is 6.05. The van der Waals surface area contributed by atoms with Gasteiger partial charge >= 0.3 is 5.97 Å². The Bertz CT molecular complexity index is 966. The monoisotopic (exact) mass is 406 g/mol. The minimum absolute atomic E-state index is 0.187. The molecule has 0 amide bonds. The summed E-state index contributed by atoms with van der Waals surface area (Å²) in [7, 11) is 0. The Balaban J connectivity index is 1.73. The van der Waals surface area contributed by atoms with E-state index in [4.69, 9.17) is 4.74 Å². The van der Waals surface area contributed by atoms with Gasteiger partial charge in [-0.2, -0.15) is 0 Å². The van der Waals surface area contributed by atoms with Gasteiger partial charge < -0.3 is 9.84 Å². The fourth-order valence-electron chi connectivity index (χ4n) is 3.70. The topological polar surface area (TPSA) is 72.3 Å². The molecule has 0 fully saturated rings. The van der Waals surface area contributed by atoms with Crippen LogP contribution in [0.25, 0.3) is 22.2 Å². The Labute approximate surface area is 178 Å². The molecule has 3 rings (SSSR count). The third-order valence-corrected chi connectivity index (χ3v) is 5.29. The number of carboxylic acid groups (broad SMARTS) is 1. The Morgan fingerprint density at radius 2 is 1.63 bits per heavy atom. The van der Waals surface area contributed by atoms with Gasteiger partial charge in [-0.05, 0) is 24.6 Å². The van der Waals surface area contributed by atoms with E-state index in [0.717, 1.165) is 23.7 Å². The number of aromatic carboxylic acids is 1. The van der Waals surface area contributed by atoms with Gasteiger partial charge in [0.2, 0.25) is 0 Å². The minimum Gasteiger partial charge on any atom is -0.493 e. The molecule has 3 aromatic rings. The number of fused-ring (bicyclic) bond motifs is 1. The molecule has 5 heteroatoms. The summed E-state index contributed by atoms with van der Waals surface area (Å²) in [4.78, 5) is 20.6. The van der Waals surface area contributed by atoms with Crippen LogP contribution in [0.2, 0.25) is 0 Å². The average molecular weight is 407 g/mol. The van der Waals surface area contributed by atoms with Crippen molar-refractivity contribution < 1.29 is 14.6 Å². The number of nitrogens with zero attached hydrogens (tertiary/aromatic N) is 2. The van der Waals surface area contributed by atoms with Crippen LogP contribution in [0.15, 0.2) is 48.8 Å². The van der Waals surface area contributed by atoms with Crippen molar-refractivity contribution in [3.63, 3.8) is 0 Å². The lowest BCUT2D eigenvalue weighted by Gasteiger charge is -2.15. The highest BCUT2D eigenvalue weighted by atomic mass is 16.5. The first-order valence-electron chi connectivity index (χ1n) is 10.9. The Morgan fingerprint density at radius 3 is 2.40 bits per heavy atom. The molecule has 0 aliphatic heterocycles. The van der Waals surface area contributed by atoms with Crippen LogP contribution in [0.1, 0.15) is 68.6 Å². The van der Waals surface area contributed by atoms with Gasteiger partial charge in [-0.3, -0.25) is 0 Å². The van der Waals surface area contributed by atoms with Gasteiger partial charge in [-0.1, -0.05) is 76.1 Å². The van der Waals surface area contributed by atoms with Crippen molar-refractivity contribution in [2.24, 2.45) is 0 Å². The predicted molar refractivity (Wildman–Crippen MR) is 120 cm³/mol. The number of para-hydroxylation sites is 1. The van der Waals surface area contributed by atoms with Gasteiger partial charge in [0, 0.05) is 5.39 Å². The third kappa shape index (κ3) is 5.56. The molecule has 5 nitrogen and oxygen atoms in total. The van der Waals surface area contributed by atoms with Crippen LogP contribution < -0.4 is 4.74 Å². The highest BCUT2D eigenvalue weighted by Gasteiger charge is 2.20. The molecule has 0 unspecified atom stereocenters. The number of hydrogen-bond donors (Lipinski definition) is 1. The second-order valence-corrected chi connectivity index (χ2v) is 7.55. The molecule has 1 aromatic heterocycles. The number of hydrogen-bond acceptors (Lipinski definition) is 4. The van der Waals surface area contributed by atoms with Crippen molar-refractivity contribution >= 4 is 16.9 Å². The Kier molecular flexibility index (Phi) is 8.19. The van der Waals surface area contributed by atoms with Gasteiger partial charge in [-0.25, -0.2) is 14.8 Å². The normalized spacial score (nSPS) is 11.0. The van der Waals surface area contributed by atoms with E-state index in [0.29, 0.717) is 23.6 Å². The molecule has 0 atom stereocenters. The van der Waals surface area contributed by atoms with Gasteiger partial charge in [0.15, 0.2) is 0 Å². The second-order valence-electron chi connectivity index (χ2n) is 7.55. The zero-order chi connectivity index (χ0) is 21.2. The Morgan fingerprint density at radius 1 is 0.900 bits per heavy atom. The molecule has 0 saturated heterocycles. The summed E-state index contributed by atoms with van der Waals surface area (Å²) in [6.07, 6.45) is 11.3. The molecule has 30 heavy (non-hydrogen) atoms. The molecule has 2 aromatic carbocycles. The summed E-state index contributed by atoms with van der Waals surface area (Å²) in [6, 6.07) is 12.7. The predicted octanol–water partition coefficient (Wildman–Crippen LogP) is 6.51. The molecular weight excluding hydrogens is 376 g/mol. The van der Waals surface area contributed by atoms with Crippen molar-refractivity contribution in [3.05, 3.63) is 54.4 Å². The standard InChI is InChI=1S/C25H30N2O3/c1-2-3-4-5-6-7-8-11-17-30-22-16-12-14-20(25(28)29)23(22)24-19-13-9-10-15-21(19)26-18-27-24/h9-10,12-16,18H,2-8,11,17H2,1H3,(H,28,29). The van der Waals surface area contributed by atoms with Crippen LogP contribution in [0.4, 0.5) is 0 Å². The van der Waals surface area contributed by atoms with Crippen LogP contribution in [0.3, 0.4) is 0 Å². The maximum Gasteiger partial charge on any atom is 0.336 e. The zero-order valence-corrected chi connectivity index (χ0v) is 17.6. The van der Waals surface area contributed by atoms with Gasteiger partial charge in [0.05, 0.1) is 28.9 Å². The van der Waals surface area contributed by atoms with Crippen molar-refractivity contribution in [2.45, 2.75) is 58.3 Å². The molecule has 1 N–H and O–H groups in total. The molecular formula is C25H30N2O3. The minimum atomic E-state index is -0.995. The van der Waals surface area contributed by atoms with E-state index in [1.807, 2.05) is 30.3 Å². The van der Waals surface area contributed by atoms with Crippen LogP contribution in [-0.4, -0.2) is 27.7 Å². The lowest BCUT2D eigenvalue weighted by atomic mass is 9.99. The molecule has 0 bridgehead atoms. The summed E-state index contributed by atoms with van der Waals surface area (Å²) in [5.41, 5.74) is 2.07. The number of aromatic nitrogens is 2. The molecule has 1 heterocycles. The van der Waals surface area contributed by atoms with E-state index in [1.165, 1.54) is 44.9 Å². The van der Waals surface area contributed by atoms with Gasteiger partial charge in [0.25, 0.3) is 0 Å². The third-order valence-electron chi connectivity index (χ3n) is 5.29. The zero-order valence-electron chi connectivity index (χ0n) is 17.6. The van der Waals surface area contributed by atoms with Gasteiger partial charge in [0.1, 0.15) is 12.1 Å². The first-order valence-corrected chi connectivity index (χ1v) is 10.9. The van der Waals surface area contributed by atoms with Crippen molar-refractivity contribution in [1.82, 2.24) is 9.97 Å². The second kappa shape index (κ2) is 11.3. The number of carbonyl (C=O) groups is 1. The number of unbranched alkanes of at least 4 members (excludes halogenated alkanes) is 7. The number of carboxylic acids is 1. The SMILES string of the molecule is CCCCCCCCCCOc1cccc(C(=O)O)c1-c1ncnc2ccccc12. The van der Waals surface area contributed by atoms with E-state index >= 15 is 0 Å². The van der Waals surface area contributed by atoms with Crippen molar-refractivity contribution in [2.75, 3.05) is 6.61 Å². The smallest absolute Gasteiger partial charge is 0.336 e. The van der Waals surface area contributed by atoms with E-state index in [2.05, 4.69) is 16.9 Å². The molecule has 0 aliphatic rings. The fourth-order valence-corrected chi connectivity index (χ4v) is 3.70. The fraction of sp³-hybridized carbons (Fsp3) is 0.400. The lowest BCUT2D eigenvalue weighted by Crippen LogP contribution is -2.05. The highest BCUT2D eigenvalue weighted by Crippen LogP contribution is 2.36. The van der Waals surface area contributed by atoms with Crippen LogP contribution >= 0.6 is 0 Å². The van der Waals surface area contributed by atoms with E-state index in [9.17, 15) is 9.90 Å². The summed E-state index contributed by atoms with van der Waals surface area (Å²) in [6.45, 7) is 2.79. The lowest BCUT2D eigenvalue weighted by molar-refractivity contribution is 0.0697.